The molecule has 4 radical (unpaired) electrons. The van der Waals surface area contributed by atoms with E-state index in [2.05, 4.69) is 54.6 Å². The predicted octanol–water partition coefficient (Wildman–Crippen LogP) is 0.383. The Kier molecular flexibility index (Phi) is 21.6. The third kappa shape index (κ3) is 8.85. The first kappa shape index (κ1) is 34.9. The standard InChI is InChI=1S/C13H9.C7H13NO.2CH3.2ClH.Hf.Si/c1-3-7-12-10(5-1)9-11-6-2-4-8-13(11)12;8-7(9)6-4-2-1-3-5-6;;;;;;/h1-9H;6H,1-5H2,(H2,8,9);2*1H3;2*1H;;/q-1;;2*-1;;;;/p-3. The van der Waals surface area contributed by atoms with E-state index < -0.39 is 0 Å². The van der Waals surface area contributed by atoms with Crippen LogP contribution in [0.2, 0.25) is 0 Å². The van der Waals surface area contributed by atoms with Crippen molar-refractivity contribution >= 4 is 38.4 Å². The van der Waals surface area contributed by atoms with Crippen molar-refractivity contribution < 1.29 is 55.5 Å². The maximum atomic E-state index is 10.5. The molecule has 0 atom stereocenters. The molecule has 3 aromatic carbocycles. The van der Waals surface area contributed by atoms with Crippen LogP contribution < -0.4 is 24.8 Å². The monoisotopic (exact) mass is 599 g/mol. The van der Waals surface area contributed by atoms with Crippen molar-refractivity contribution in [2.75, 3.05) is 0 Å². The van der Waals surface area contributed by atoms with E-state index in [0.29, 0.717) is 0 Å². The molecule has 0 spiro atoms. The zero-order chi connectivity index (χ0) is 15.4. The van der Waals surface area contributed by atoms with Gasteiger partial charge in [-0.25, -0.2) is 0 Å². The number of halogens is 2. The van der Waals surface area contributed by atoms with Crippen molar-refractivity contribution in [1.29, 1.82) is 0 Å². The molecule has 154 valence electrons. The molecule has 1 aliphatic carbocycles. The molecule has 3 aromatic rings. The Bertz CT molecular complexity index is 738. The van der Waals surface area contributed by atoms with Crippen LogP contribution in [0.1, 0.15) is 32.1 Å². The predicted molar refractivity (Wildman–Crippen MR) is 112 cm³/mol. The van der Waals surface area contributed by atoms with Gasteiger partial charge >= 0.3 is 0 Å². The Morgan fingerprint density at radius 2 is 1.21 bits per heavy atom. The molecule has 1 saturated carbocycles. The Morgan fingerprint density at radius 1 is 0.821 bits per heavy atom. The topological polar surface area (TPSA) is 40.9 Å². The quantitative estimate of drug-likeness (QED) is 0.295. The second-order valence-electron chi connectivity index (χ2n) is 6.02. The van der Waals surface area contributed by atoms with Gasteiger partial charge in [0.05, 0.1) is 5.91 Å². The van der Waals surface area contributed by atoms with E-state index in [-0.39, 0.29) is 88.3 Å². The molecule has 1 amide bonds. The first-order chi connectivity index (χ1) is 10.8. The summed E-state index contributed by atoms with van der Waals surface area (Å²) in [7, 11) is 0. The SMILES string of the molecule is [CH3-].[CH3-].[Cl-].[Cl-].[Hf].[NH-]C(=O)C1CCCCC1.[Si].c1ccc2c(c1)[cH-]c1ccccc12. The van der Waals surface area contributed by atoms with Crippen molar-refractivity contribution in [2.24, 2.45) is 5.92 Å². The fraction of sp³-hybridized carbons (Fsp3) is 0.273. The summed E-state index contributed by atoms with van der Waals surface area (Å²) in [6.45, 7) is 0. The van der Waals surface area contributed by atoms with Crippen LogP contribution in [0, 0.1) is 20.8 Å². The summed E-state index contributed by atoms with van der Waals surface area (Å²) in [5.41, 5.74) is 6.83. The second-order valence-corrected chi connectivity index (χ2v) is 6.02. The van der Waals surface area contributed by atoms with Gasteiger partial charge in [0, 0.05) is 42.7 Å². The number of hydrogen-bond donors (Lipinski definition) is 0. The number of benzene rings is 2. The number of amides is 1. The minimum absolute atomic E-state index is 0. The number of carbonyl (C=O) groups excluding carboxylic acids is 1. The van der Waals surface area contributed by atoms with Crippen molar-refractivity contribution in [2.45, 2.75) is 32.1 Å². The average Bonchev–Trinajstić information content (AvgIpc) is 2.95. The van der Waals surface area contributed by atoms with Gasteiger partial charge in [0.25, 0.3) is 0 Å². The van der Waals surface area contributed by atoms with E-state index in [9.17, 15) is 4.79 Å². The Hall–Kier alpha value is -0.553. The smallest absolute Gasteiger partial charge is 0.0519 e. The van der Waals surface area contributed by atoms with Crippen LogP contribution in [0.15, 0.2) is 54.6 Å². The normalized spacial score (nSPS) is 12.1. The number of carbonyl (C=O) groups is 1. The summed E-state index contributed by atoms with van der Waals surface area (Å²) < 4.78 is 0. The van der Waals surface area contributed by atoms with Gasteiger partial charge in [-0.3, -0.25) is 0 Å². The third-order valence-electron chi connectivity index (χ3n) is 4.50. The van der Waals surface area contributed by atoms with Crippen LogP contribution >= 0.6 is 0 Å². The maximum absolute atomic E-state index is 10.5. The van der Waals surface area contributed by atoms with E-state index in [1.165, 1.54) is 28.0 Å². The van der Waals surface area contributed by atoms with Crippen LogP contribution in [-0.4, -0.2) is 16.9 Å². The van der Waals surface area contributed by atoms with Gasteiger partial charge in [-0.15, -0.1) is 39.7 Å². The molecule has 0 bridgehead atoms. The average molecular weight is 599 g/mol. The van der Waals surface area contributed by atoms with E-state index in [1.807, 2.05) is 0 Å². The maximum Gasteiger partial charge on any atom is 0.0519 e. The number of hydrogen-bond acceptors (Lipinski definition) is 1. The van der Waals surface area contributed by atoms with Gasteiger partial charge in [-0.1, -0.05) is 55.7 Å². The Labute approximate surface area is 206 Å². The number of rotatable bonds is 1. The van der Waals surface area contributed by atoms with Crippen LogP contribution in [0.4, 0.5) is 0 Å². The summed E-state index contributed by atoms with van der Waals surface area (Å²) in [6, 6.07) is 19.3. The van der Waals surface area contributed by atoms with Crippen molar-refractivity contribution in [1.82, 2.24) is 0 Å². The third-order valence-corrected chi connectivity index (χ3v) is 4.50. The molecule has 4 rings (SSSR count). The van der Waals surface area contributed by atoms with Gasteiger partial charge < -0.3 is 50.2 Å². The van der Waals surface area contributed by atoms with Crippen molar-refractivity contribution in [3.8, 4) is 0 Å². The van der Waals surface area contributed by atoms with Gasteiger partial charge in [-0.2, -0.15) is 0 Å². The van der Waals surface area contributed by atoms with Gasteiger partial charge in [0.2, 0.25) is 0 Å². The van der Waals surface area contributed by atoms with Crippen LogP contribution in [0.5, 0.6) is 0 Å². The minimum Gasteiger partial charge on any atom is -1.00 e. The summed E-state index contributed by atoms with van der Waals surface area (Å²) in [6.07, 6.45) is 5.47. The molecule has 28 heavy (non-hydrogen) atoms. The fourth-order valence-corrected chi connectivity index (χ4v) is 3.27. The first-order valence-electron chi connectivity index (χ1n) is 8.04. The zero-order valence-electron chi connectivity index (χ0n) is 16.5. The van der Waals surface area contributed by atoms with E-state index in [4.69, 9.17) is 5.73 Å². The molecular weight excluding hydrogens is 572 g/mol. The molecule has 0 heterocycles. The van der Waals surface area contributed by atoms with Crippen molar-refractivity contribution in [3.63, 3.8) is 0 Å². The summed E-state index contributed by atoms with van der Waals surface area (Å²) >= 11 is 0. The van der Waals surface area contributed by atoms with E-state index in [0.717, 1.165) is 25.7 Å². The van der Waals surface area contributed by atoms with Gasteiger partial charge in [0.15, 0.2) is 0 Å². The van der Waals surface area contributed by atoms with Gasteiger partial charge in [-0.05, 0) is 12.8 Å². The molecule has 0 unspecified atom stereocenters. The summed E-state index contributed by atoms with van der Waals surface area (Å²) in [5.74, 6) is -0.270. The molecule has 1 N–H and O–H groups in total. The largest absolute Gasteiger partial charge is 1.00 e. The van der Waals surface area contributed by atoms with Crippen molar-refractivity contribution in [3.05, 3.63) is 75.2 Å². The van der Waals surface area contributed by atoms with Crippen LogP contribution in [0.3, 0.4) is 0 Å². The van der Waals surface area contributed by atoms with Crippen LogP contribution in [-0.2, 0) is 30.6 Å². The second kappa shape index (κ2) is 17.3. The zero-order valence-corrected chi connectivity index (χ0v) is 22.6. The van der Waals surface area contributed by atoms with E-state index in [1.54, 1.807) is 0 Å². The first-order valence-corrected chi connectivity index (χ1v) is 8.04. The molecule has 0 aromatic heterocycles. The minimum atomic E-state index is -0.352. The molecule has 2 nitrogen and oxygen atoms in total. The summed E-state index contributed by atoms with van der Waals surface area (Å²) in [4.78, 5) is 10.5. The molecule has 0 saturated heterocycles. The number of fused-ring (bicyclic) bond motifs is 3. The molecule has 0 aliphatic heterocycles. The molecule has 1 fully saturated rings. The Morgan fingerprint density at radius 3 is 1.57 bits per heavy atom. The summed E-state index contributed by atoms with van der Waals surface area (Å²) in [5, 5.41) is 5.39. The molecular formula is C22H27Cl2HfNOSi-6. The molecule has 1 aliphatic rings. The van der Waals surface area contributed by atoms with Crippen LogP contribution in [0.25, 0.3) is 27.3 Å². The number of nitrogens with one attached hydrogen (secondary N) is 1. The van der Waals surface area contributed by atoms with Gasteiger partial charge in [0.1, 0.15) is 0 Å². The Balaban J connectivity index is -0.000000177. The fourth-order valence-electron chi connectivity index (χ4n) is 3.27. The molecule has 6 heteroatoms. The van der Waals surface area contributed by atoms with E-state index >= 15 is 0 Å².